The summed E-state index contributed by atoms with van der Waals surface area (Å²) in [5.41, 5.74) is 1.58. The van der Waals surface area contributed by atoms with Gasteiger partial charge in [0, 0.05) is 11.9 Å². The minimum atomic E-state index is -0.511. The molecule has 1 aromatic carbocycles. The molecule has 0 unspecified atom stereocenters. The Labute approximate surface area is 121 Å². The zero-order valence-electron chi connectivity index (χ0n) is 11.4. The molecular weight excluding hydrogens is 271 g/mol. The van der Waals surface area contributed by atoms with Crippen molar-refractivity contribution >= 4 is 11.6 Å². The van der Waals surface area contributed by atoms with Crippen LogP contribution < -0.4 is 5.32 Å². The Morgan fingerprint density at radius 1 is 1.43 bits per heavy atom. The molecule has 0 atom stereocenters. The Kier molecular flexibility index (Phi) is 4.64. The van der Waals surface area contributed by atoms with Crippen LogP contribution in [0, 0.1) is 24.6 Å². The van der Waals surface area contributed by atoms with Crippen molar-refractivity contribution in [2.45, 2.75) is 6.92 Å². The third-order valence-electron chi connectivity index (χ3n) is 2.75. The van der Waals surface area contributed by atoms with Crippen molar-refractivity contribution in [3.8, 4) is 11.8 Å². The first kappa shape index (κ1) is 14.7. The van der Waals surface area contributed by atoms with Crippen LogP contribution in [0.4, 0.5) is 10.1 Å². The van der Waals surface area contributed by atoms with Gasteiger partial charge in [-0.3, -0.25) is 9.78 Å². The smallest absolute Gasteiger partial charge is 0.274 e. The van der Waals surface area contributed by atoms with Crippen LogP contribution >= 0.6 is 0 Å². The van der Waals surface area contributed by atoms with Gasteiger partial charge in [-0.2, -0.15) is 0 Å². The number of pyridine rings is 1. The minimum absolute atomic E-state index is 0.111. The van der Waals surface area contributed by atoms with E-state index in [4.69, 9.17) is 5.11 Å². The molecule has 1 aromatic heterocycles. The number of hydrogen-bond donors (Lipinski definition) is 2. The van der Waals surface area contributed by atoms with Crippen molar-refractivity contribution in [2.24, 2.45) is 0 Å². The maximum atomic E-state index is 13.5. The first-order valence-corrected chi connectivity index (χ1v) is 6.24. The zero-order chi connectivity index (χ0) is 15.2. The maximum absolute atomic E-state index is 13.5. The van der Waals surface area contributed by atoms with Crippen LogP contribution in [0.25, 0.3) is 0 Å². The molecule has 21 heavy (non-hydrogen) atoms. The van der Waals surface area contributed by atoms with Gasteiger partial charge in [-0.15, -0.1) is 0 Å². The van der Waals surface area contributed by atoms with E-state index < -0.39 is 5.82 Å². The van der Waals surface area contributed by atoms with Gasteiger partial charge in [0.15, 0.2) is 0 Å². The molecular formula is C16H13FN2O2. The van der Waals surface area contributed by atoms with Crippen molar-refractivity contribution in [3.05, 3.63) is 59.2 Å². The molecule has 1 amide bonds. The summed E-state index contributed by atoms with van der Waals surface area (Å²) in [6.07, 6.45) is 1.53. The molecule has 0 aliphatic heterocycles. The van der Waals surface area contributed by atoms with Gasteiger partial charge in [0.05, 0.1) is 5.56 Å². The van der Waals surface area contributed by atoms with E-state index in [9.17, 15) is 9.18 Å². The molecule has 5 heteroatoms. The molecule has 0 fully saturated rings. The fourth-order valence-corrected chi connectivity index (χ4v) is 1.75. The SMILES string of the molecule is Cc1cccnc1C(=O)Nc1ccc(F)c(C#CCO)c1. The van der Waals surface area contributed by atoms with E-state index in [0.717, 1.165) is 5.56 Å². The lowest BCUT2D eigenvalue weighted by Gasteiger charge is -2.07. The topological polar surface area (TPSA) is 62.2 Å². The van der Waals surface area contributed by atoms with E-state index in [1.54, 1.807) is 19.1 Å². The third kappa shape index (κ3) is 3.65. The molecule has 2 rings (SSSR count). The lowest BCUT2D eigenvalue weighted by Crippen LogP contribution is -2.15. The monoisotopic (exact) mass is 284 g/mol. The Balaban J connectivity index is 2.24. The normalized spacial score (nSPS) is 9.67. The Hall–Kier alpha value is -2.71. The first-order valence-electron chi connectivity index (χ1n) is 6.24. The predicted octanol–water partition coefficient (Wildman–Crippen LogP) is 2.13. The number of amides is 1. The second kappa shape index (κ2) is 6.64. The molecule has 0 bridgehead atoms. The lowest BCUT2D eigenvalue weighted by atomic mass is 10.1. The molecule has 0 saturated heterocycles. The van der Waals surface area contributed by atoms with Crippen LogP contribution in [0.15, 0.2) is 36.5 Å². The number of benzene rings is 1. The van der Waals surface area contributed by atoms with E-state index >= 15 is 0 Å². The van der Waals surface area contributed by atoms with Gasteiger partial charge >= 0.3 is 0 Å². The van der Waals surface area contributed by atoms with E-state index in [2.05, 4.69) is 22.1 Å². The van der Waals surface area contributed by atoms with Gasteiger partial charge in [0.25, 0.3) is 5.91 Å². The molecule has 2 aromatic rings. The van der Waals surface area contributed by atoms with Gasteiger partial charge < -0.3 is 10.4 Å². The highest BCUT2D eigenvalue weighted by Gasteiger charge is 2.11. The number of rotatable bonds is 2. The summed E-state index contributed by atoms with van der Waals surface area (Å²) < 4.78 is 13.5. The standard InChI is InChI=1S/C16H13FN2O2/c1-11-4-2-8-18-15(11)16(21)19-13-6-7-14(17)12(10-13)5-3-9-20/h2,4,6-8,10,20H,9H2,1H3,(H,19,21). The number of halogens is 1. The second-order valence-corrected chi connectivity index (χ2v) is 4.28. The average molecular weight is 284 g/mol. The summed E-state index contributed by atoms with van der Waals surface area (Å²) in [7, 11) is 0. The van der Waals surface area contributed by atoms with E-state index in [-0.39, 0.29) is 18.1 Å². The Morgan fingerprint density at radius 3 is 2.95 bits per heavy atom. The van der Waals surface area contributed by atoms with E-state index in [0.29, 0.717) is 11.4 Å². The van der Waals surface area contributed by atoms with Crippen molar-refractivity contribution in [3.63, 3.8) is 0 Å². The minimum Gasteiger partial charge on any atom is -0.384 e. The molecule has 0 radical (unpaired) electrons. The van der Waals surface area contributed by atoms with Crippen LogP contribution in [0.1, 0.15) is 21.6 Å². The quantitative estimate of drug-likeness (QED) is 0.830. The third-order valence-corrected chi connectivity index (χ3v) is 2.75. The maximum Gasteiger partial charge on any atom is 0.274 e. The van der Waals surface area contributed by atoms with Crippen molar-refractivity contribution in [1.82, 2.24) is 4.98 Å². The largest absolute Gasteiger partial charge is 0.384 e. The highest BCUT2D eigenvalue weighted by molar-refractivity contribution is 6.03. The zero-order valence-corrected chi connectivity index (χ0v) is 11.4. The lowest BCUT2D eigenvalue weighted by molar-refractivity contribution is 0.102. The van der Waals surface area contributed by atoms with Crippen LogP contribution in [0.5, 0.6) is 0 Å². The molecule has 106 valence electrons. The summed E-state index contributed by atoms with van der Waals surface area (Å²) >= 11 is 0. The first-order chi connectivity index (χ1) is 10.1. The van der Waals surface area contributed by atoms with Gasteiger partial charge in [-0.05, 0) is 36.8 Å². The van der Waals surface area contributed by atoms with Crippen LogP contribution in [-0.4, -0.2) is 22.6 Å². The molecule has 0 aliphatic rings. The molecule has 0 aliphatic carbocycles. The summed E-state index contributed by atoms with van der Waals surface area (Å²) in [5.74, 6) is 3.97. The Bertz CT molecular complexity index is 733. The summed E-state index contributed by atoms with van der Waals surface area (Å²) in [6, 6.07) is 7.59. The number of nitrogens with zero attached hydrogens (tertiary/aromatic N) is 1. The van der Waals surface area contributed by atoms with Gasteiger partial charge in [-0.1, -0.05) is 17.9 Å². The molecule has 2 N–H and O–H groups in total. The van der Waals surface area contributed by atoms with Crippen LogP contribution in [0.3, 0.4) is 0 Å². The number of aromatic nitrogens is 1. The van der Waals surface area contributed by atoms with Gasteiger partial charge in [0.2, 0.25) is 0 Å². The predicted molar refractivity (Wildman–Crippen MR) is 77.3 cm³/mol. The average Bonchev–Trinajstić information content (AvgIpc) is 2.48. The summed E-state index contributed by atoms with van der Waals surface area (Å²) in [4.78, 5) is 16.1. The number of hydrogen-bond acceptors (Lipinski definition) is 3. The van der Waals surface area contributed by atoms with Crippen molar-refractivity contribution in [2.75, 3.05) is 11.9 Å². The number of aryl methyl sites for hydroxylation is 1. The van der Waals surface area contributed by atoms with Crippen LogP contribution in [0.2, 0.25) is 0 Å². The van der Waals surface area contributed by atoms with Crippen molar-refractivity contribution in [1.29, 1.82) is 0 Å². The fraction of sp³-hybridized carbons (Fsp3) is 0.125. The number of carbonyl (C=O) groups is 1. The number of carbonyl (C=O) groups excluding carboxylic acids is 1. The molecule has 0 spiro atoms. The number of nitrogens with one attached hydrogen (secondary N) is 1. The highest BCUT2D eigenvalue weighted by atomic mass is 19.1. The van der Waals surface area contributed by atoms with Gasteiger partial charge in [-0.25, -0.2) is 4.39 Å². The summed E-state index contributed by atoms with van der Waals surface area (Å²) in [6.45, 7) is 1.42. The van der Waals surface area contributed by atoms with Crippen molar-refractivity contribution < 1.29 is 14.3 Å². The molecule has 0 saturated carbocycles. The highest BCUT2D eigenvalue weighted by Crippen LogP contribution is 2.15. The van der Waals surface area contributed by atoms with Gasteiger partial charge in [0.1, 0.15) is 18.1 Å². The number of aliphatic hydroxyl groups is 1. The second-order valence-electron chi connectivity index (χ2n) is 4.28. The van der Waals surface area contributed by atoms with Crippen LogP contribution in [-0.2, 0) is 0 Å². The number of aliphatic hydroxyl groups excluding tert-OH is 1. The Morgan fingerprint density at radius 2 is 2.24 bits per heavy atom. The fourth-order valence-electron chi connectivity index (χ4n) is 1.75. The van der Waals surface area contributed by atoms with E-state index in [1.807, 2.05) is 0 Å². The molecule has 1 heterocycles. The number of anilines is 1. The van der Waals surface area contributed by atoms with E-state index in [1.165, 1.54) is 24.4 Å². The molecule has 4 nitrogen and oxygen atoms in total. The summed E-state index contributed by atoms with van der Waals surface area (Å²) in [5, 5.41) is 11.3.